The Balaban J connectivity index is 4.86. The molecular formula is C15H28O2. The van der Waals surface area contributed by atoms with Gasteiger partial charge in [0.25, 0.3) is 0 Å². The van der Waals surface area contributed by atoms with E-state index in [1.807, 2.05) is 6.92 Å². The quantitative estimate of drug-likeness (QED) is 0.527. The lowest BCUT2D eigenvalue weighted by molar-refractivity contribution is -0.164. The molecule has 0 aromatic carbocycles. The molecule has 0 aliphatic heterocycles. The minimum absolute atomic E-state index is 0.0109. The van der Waals surface area contributed by atoms with Crippen molar-refractivity contribution in [3.8, 4) is 0 Å². The molecule has 0 aliphatic carbocycles. The van der Waals surface area contributed by atoms with Crippen molar-refractivity contribution in [3.63, 3.8) is 0 Å². The third kappa shape index (κ3) is 5.38. The molecule has 100 valence electrons. The van der Waals surface area contributed by atoms with Crippen LogP contribution in [0.15, 0.2) is 12.2 Å². The average Bonchev–Trinajstić information content (AvgIpc) is 2.11. The van der Waals surface area contributed by atoms with Crippen LogP contribution in [0.2, 0.25) is 0 Å². The fraction of sp³-hybridized carbons (Fsp3) is 0.800. The van der Waals surface area contributed by atoms with E-state index < -0.39 is 0 Å². The van der Waals surface area contributed by atoms with E-state index in [-0.39, 0.29) is 22.9 Å². The zero-order valence-corrected chi connectivity index (χ0v) is 12.5. The Hall–Kier alpha value is -0.790. The third-order valence-electron chi connectivity index (χ3n) is 3.10. The highest BCUT2D eigenvalue weighted by molar-refractivity contribution is 5.72. The number of esters is 1. The van der Waals surface area contributed by atoms with E-state index in [2.05, 4.69) is 48.1 Å². The summed E-state index contributed by atoms with van der Waals surface area (Å²) in [5.41, 5.74) is 0.782. The van der Waals surface area contributed by atoms with E-state index in [0.29, 0.717) is 6.42 Å². The lowest BCUT2D eigenvalue weighted by atomic mass is 9.71. The molecule has 1 atom stereocenters. The van der Waals surface area contributed by atoms with E-state index in [1.54, 1.807) is 0 Å². The van der Waals surface area contributed by atoms with Gasteiger partial charge in [0.1, 0.15) is 6.10 Å². The van der Waals surface area contributed by atoms with Crippen molar-refractivity contribution < 1.29 is 9.53 Å². The largest absolute Gasteiger partial charge is 0.461 e. The molecule has 1 unspecified atom stereocenters. The molecule has 17 heavy (non-hydrogen) atoms. The molecule has 0 aromatic rings. The van der Waals surface area contributed by atoms with Gasteiger partial charge in [0.05, 0.1) is 6.42 Å². The van der Waals surface area contributed by atoms with E-state index in [4.69, 9.17) is 4.74 Å². The summed E-state index contributed by atoms with van der Waals surface area (Å²) in [6, 6.07) is 0. The smallest absolute Gasteiger partial charge is 0.310 e. The molecule has 0 saturated carbocycles. The number of carbonyl (C=O) groups excluding carboxylic acids is 1. The first kappa shape index (κ1) is 16.2. The minimum atomic E-state index is -0.168. The van der Waals surface area contributed by atoms with Crippen LogP contribution >= 0.6 is 0 Å². The van der Waals surface area contributed by atoms with E-state index in [1.165, 1.54) is 0 Å². The molecule has 0 radical (unpaired) electrons. The molecule has 0 heterocycles. The number of carbonyl (C=O) groups is 1. The molecule has 0 spiro atoms. The maximum absolute atomic E-state index is 11.8. The summed E-state index contributed by atoms with van der Waals surface area (Å²) in [6.45, 7) is 18.4. The van der Waals surface area contributed by atoms with Crippen LogP contribution in [-0.4, -0.2) is 12.1 Å². The second kappa shape index (κ2) is 5.70. The van der Waals surface area contributed by atoms with E-state index in [0.717, 1.165) is 12.0 Å². The Labute approximate surface area is 106 Å². The van der Waals surface area contributed by atoms with Gasteiger partial charge in [0.2, 0.25) is 0 Å². The van der Waals surface area contributed by atoms with Gasteiger partial charge in [-0.15, -0.1) is 0 Å². The summed E-state index contributed by atoms with van der Waals surface area (Å²) >= 11 is 0. The van der Waals surface area contributed by atoms with Crippen molar-refractivity contribution in [1.82, 2.24) is 0 Å². The second-order valence-corrected chi connectivity index (χ2v) is 6.71. The molecular weight excluding hydrogens is 212 g/mol. The van der Waals surface area contributed by atoms with Gasteiger partial charge in [-0.25, -0.2) is 0 Å². The highest BCUT2D eigenvalue weighted by Gasteiger charge is 2.39. The van der Waals surface area contributed by atoms with Crippen molar-refractivity contribution in [2.45, 2.75) is 67.4 Å². The number of rotatable bonds is 5. The molecule has 2 heteroatoms. The molecule has 0 rings (SSSR count). The molecule has 0 N–H and O–H groups in total. The van der Waals surface area contributed by atoms with Gasteiger partial charge in [-0.2, -0.15) is 0 Å². The first-order valence-corrected chi connectivity index (χ1v) is 6.34. The topological polar surface area (TPSA) is 26.3 Å². The van der Waals surface area contributed by atoms with Crippen molar-refractivity contribution >= 4 is 5.97 Å². The molecule has 0 amide bonds. The van der Waals surface area contributed by atoms with E-state index >= 15 is 0 Å². The van der Waals surface area contributed by atoms with Gasteiger partial charge >= 0.3 is 5.97 Å². The minimum Gasteiger partial charge on any atom is -0.461 e. The SMILES string of the molecule is C=C(C)CC(=O)OC(C(C)(C)C)C(C)(C)CC. The van der Waals surface area contributed by atoms with Gasteiger partial charge in [0.15, 0.2) is 0 Å². The first-order chi connectivity index (χ1) is 7.50. The van der Waals surface area contributed by atoms with Gasteiger partial charge in [-0.3, -0.25) is 4.79 Å². The number of hydrogen-bond acceptors (Lipinski definition) is 2. The standard InChI is InChI=1S/C15H28O2/c1-9-15(7,8)13(14(4,5)6)17-12(16)10-11(2)3/h13H,2,9-10H2,1,3-8H3. The van der Waals surface area contributed by atoms with Crippen LogP contribution < -0.4 is 0 Å². The van der Waals surface area contributed by atoms with Crippen LogP contribution in [0.1, 0.15) is 61.3 Å². The Bertz CT molecular complexity index is 282. The summed E-state index contributed by atoms with van der Waals surface area (Å²) in [5, 5.41) is 0. The fourth-order valence-corrected chi connectivity index (χ4v) is 2.11. The van der Waals surface area contributed by atoms with Crippen molar-refractivity contribution in [3.05, 3.63) is 12.2 Å². The summed E-state index contributed by atoms with van der Waals surface area (Å²) in [7, 11) is 0. The number of ether oxygens (including phenoxy) is 1. The van der Waals surface area contributed by atoms with Crippen LogP contribution in [0.4, 0.5) is 0 Å². The average molecular weight is 240 g/mol. The third-order valence-corrected chi connectivity index (χ3v) is 3.10. The summed E-state index contributed by atoms with van der Waals surface area (Å²) in [6.07, 6.45) is 1.22. The predicted molar refractivity (Wildman–Crippen MR) is 72.8 cm³/mol. The van der Waals surface area contributed by atoms with Crippen LogP contribution in [0.3, 0.4) is 0 Å². The molecule has 0 aliphatic rings. The predicted octanol–water partition coefficient (Wildman–Crippen LogP) is 4.35. The van der Waals surface area contributed by atoms with Gasteiger partial charge in [-0.1, -0.05) is 53.7 Å². The molecule has 0 aromatic heterocycles. The van der Waals surface area contributed by atoms with E-state index in [9.17, 15) is 4.79 Å². The Morgan fingerprint density at radius 1 is 1.24 bits per heavy atom. The Kier molecular flexibility index (Phi) is 5.44. The lowest BCUT2D eigenvalue weighted by Crippen LogP contribution is -2.43. The Morgan fingerprint density at radius 3 is 2.00 bits per heavy atom. The number of hydrogen-bond donors (Lipinski definition) is 0. The summed E-state index contributed by atoms with van der Waals surface area (Å²) in [4.78, 5) is 11.8. The van der Waals surface area contributed by atoms with Gasteiger partial charge in [-0.05, 0) is 18.8 Å². The van der Waals surface area contributed by atoms with Crippen LogP contribution in [0, 0.1) is 10.8 Å². The van der Waals surface area contributed by atoms with Crippen molar-refractivity contribution in [2.75, 3.05) is 0 Å². The zero-order chi connectivity index (χ0) is 13.9. The maximum atomic E-state index is 11.8. The lowest BCUT2D eigenvalue weighted by Gasteiger charge is -2.41. The monoisotopic (exact) mass is 240 g/mol. The molecule has 2 nitrogen and oxygen atoms in total. The van der Waals surface area contributed by atoms with Crippen molar-refractivity contribution in [1.29, 1.82) is 0 Å². The molecule has 0 fully saturated rings. The van der Waals surface area contributed by atoms with Crippen molar-refractivity contribution in [2.24, 2.45) is 10.8 Å². The highest BCUT2D eigenvalue weighted by Crippen LogP contribution is 2.38. The summed E-state index contributed by atoms with van der Waals surface area (Å²) in [5.74, 6) is -0.168. The highest BCUT2D eigenvalue weighted by atomic mass is 16.5. The van der Waals surface area contributed by atoms with Gasteiger partial charge < -0.3 is 4.74 Å². The summed E-state index contributed by atoms with van der Waals surface area (Å²) < 4.78 is 5.68. The van der Waals surface area contributed by atoms with Crippen LogP contribution in [0.5, 0.6) is 0 Å². The molecule has 0 bridgehead atoms. The normalized spacial score (nSPS) is 14.3. The fourth-order valence-electron chi connectivity index (χ4n) is 2.11. The molecule has 0 saturated heterocycles. The van der Waals surface area contributed by atoms with Crippen LogP contribution in [0.25, 0.3) is 0 Å². The Morgan fingerprint density at radius 2 is 1.71 bits per heavy atom. The maximum Gasteiger partial charge on any atom is 0.310 e. The first-order valence-electron chi connectivity index (χ1n) is 6.34. The second-order valence-electron chi connectivity index (χ2n) is 6.71. The zero-order valence-electron chi connectivity index (χ0n) is 12.5. The van der Waals surface area contributed by atoms with Crippen LogP contribution in [-0.2, 0) is 9.53 Å². The van der Waals surface area contributed by atoms with Gasteiger partial charge in [0, 0.05) is 5.41 Å².